The zero-order chi connectivity index (χ0) is 23.8. The quantitative estimate of drug-likeness (QED) is 0.236. The molecule has 0 bridgehead atoms. The Morgan fingerprint density at radius 2 is 1.94 bits per heavy atom. The Kier molecular flexibility index (Phi) is 6.08. The highest BCUT2D eigenvalue weighted by atomic mass is 35.5. The van der Waals surface area contributed by atoms with Gasteiger partial charge in [0, 0.05) is 27.7 Å². The van der Waals surface area contributed by atoms with Crippen LogP contribution < -0.4 is 5.32 Å². The molecule has 3 amide bonds. The summed E-state index contributed by atoms with van der Waals surface area (Å²) in [5, 5.41) is 12.8. The summed E-state index contributed by atoms with van der Waals surface area (Å²) < 4.78 is 15.9. The number of imide groups is 1. The predicted molar refractivity (Wildman–Crippen MR) is 119 cm³/mol. The maximum Gasteiger partial charge on any atom is 0.469 e. The summed E-state index contributed by atoms with van der Waals surface area (Å²) in [6, 6.07) is 11.1. The monoisotopic (exact) mass is 486 g/mol. The number of rotatable bonds is 6. The molecule has 0 radical (unpaired) electrons. The van der Waals surface area contributed by atoms with Crippen molar-refractivity contribution in [3.05, 3.63) is 76.1 Å². The summed E-state index contributed by atoms with van der Waals surface area (Å²) in [4.78, 5) is 48.0. The van der Waals surface area contributed by atoms with E-state index in [0.29, 0.717) is 21.7 Å². The van der Waals surface area contributed by atoms with E-state index >= 15 is 0 Å². The number of amides is 3. The van der Waals surface area contributed by atoms with Gasteiger partial charge in [0.1, 0.15) is 5.70 Å². The van der Waals surface area contributed by atoms with E-state index in [1.54, 1.807) is 24.4 Å². The Morgan fingerprint density at radius 1 is 1.21 bits per heavy atom. The van der Waals surface area contributed by atoms with Gasteiger partial charge in [-0.05, 0) is 35.9 Å². The summed E-state index contributed by atoms with van der Waals surface area (Å²) in [5.74, 6) is -0.702. The largest absolute Gasteiger partial charge is 0.469 e. The molecule has 0 saturated carbocycles. The Hall–Kier alpha value is -3.45. The number of aromatic nitrogens is 1. The number of nitriles is 1. The van der Waals surface area contributed by atoms with Crippen LogP contribution in [-0.4, -0.2) is 38.2 Å². The Morgan fingerprint density at radius 3 is 2.61 bits per heavy atom. The maximum atomic E-state index is 13.1. The second kappa shape index (κ2) is 8.83. The molecule has 1 aromatic heterocycles. The van der Waals surface area contributed by atoms with Crippen molar-refractivity contribution in [3.63, 3.8) is 0 Å². The molecule has 10 nitrogen and oxygen atoms in total. The molecular formula is C21H16ClN4O6P. The molecule has 12 heteroatoms. The van der Waals surface area contributed by atoms with Gasteiger partial charge in [-0.2, -0.15) is 5.26 Å². The van der Waals surface area contributed by atoms with Crippen molar-refractivity contribution in [2.24, 2.45) is 0 Å². The highest BCUT2D eigenvalue weighted by Gasteiger charge is 2.40. The molecule has 2 heterocycles. The first-order valence-electron chi connectivity index (χ1n) is 9.49. The maximum absolute atomic E-state index is 13.1. The number of nitrogens with zero attached hydrogens (tertiary/aromatic N) is 2. The van der Waals surface area contributed by atoms with Gasteiger partial charge >= 0.3 is 13.9 Å². The predicted octanol–water partition coefficient (Wildman–Crippen LogP) is 3.44. The van der Waals surface area contributed by atoms with Crippen LogP contribution in [0.15, 0.2) is 54.4 Å². The van der Waals surface area contributed by atoms with Gasteiger partial charge in [-0.3, -0.25) is 9.32 Å². The molecule has 0 aliphatic carbocycles. The van der Waals surface area contributed by atoms with Crippen LogP contribution in [0.5, 0.6) is 0 Å². The summed E-state index contributed by atoms with van der Waals surface area (Å²) in [5.41, 5.74) is 2.05. The lowest BCUT2D eigenvalue weighted by molar-refractivity contribution is -0.125. The van der Waals surface area contributed by atoms with Crippen molar-refractivity contribution < 1.29 is 28.5 Å². The normalized spacial score (nSPS) is 16.3. The van der Waals surface area contributed by atoms with Gasteiger partial charge in [0.15, 0.2) is 0 Å². The van der Waals surface area contributed by atoms with Gasteiger partial charge in [-0.25, -0.2) is 14.3 Å². The first-order chi connectivity index (χ1) is 15.7. The number of phosphoric ester groups is 1. The van der Waals surface area contributed by atoms with E-state index in [1.165, 1.54) is 30.3 Å². The molecule has 33 heavy (non-hydrogen) atoms. The smallest absolute Gasteiger partial charge is 0.361 e. The van der Waals surface area contributed by atoms with Crippen molar-refractivity contribution in [2.75, 3.05) is 6.61 Å². The van der Waals surface area contributed by atoms with Gasteiger partial charge in [0.25, 0.3) is 5.91 Å². The molecule has 1 aliphatic heterocycles. The van der Waals surface area contributed by atoms with Crippen LogP contribution in [0.1, 0.15) is 22.7 Å². The van der Waals surface area contributed by atoms with E-state index in [1.807, 2.05) is 6.07 Å². The number of phosphoric acid groups is 1. The van der Waals surface area contributed by atoms with Gasteiger partial charge in [0.2, 0.25) is 0 Å². The van der Waals surface area contributed by atoms with Crippen molar-refractivity contribution in [1.29, 1.82) is 5.26 Å². The number of fused-ring (bicyclic) bond motifs is 1. The van der Waals surface area contributed by atoms with E-state index in [9.17, 15) is 14.2 Å². The Bertz CT molecular complexity index is 1370. The number of carbonyl (C=O) groups is 2. The highest BCUT2D eigenvalue weighted by Crippen LogP contribution is 2.39. The van der Waals surface area contributed by atoms with Crippen LogP contribution >= 0.6 is 19.4 Å². The second-order valence-corrected chi connectivity index (χ2v) is 8.81. The van der Waals surface area contributed by atoms with Gasteiger partial charge in [-0.15, -0.1) is 0 Å². The minimum atomic E-state index is -4.88. The first kappa shape index (κ1) is 22.7. The van der Waals surface area contributed by atoms with E-state index in [2.05, 4.69) is 14.8 Å². The summed E-state index contributed by atoms with van der Waals surface area (Å²) in [6.45, 7) is -0.645. The average Bonchev–Trinajstić information content (AvgIpc) is 3.28. The van der Waals surface area contributed by atoms with Crippen LogP contribution in [-0.2, 0) is 13.9 Å². The van der Waals surface area contributed by atoms with Crippen LogP contribution in [0.4, 0.5) is 4.79 Å². The number of benzene rings is 2. The minimum absolute atomic E-state index is 0.0225. The topological polar surface area (TPSA) is 156 Å². The first-order valence-corrected chi connectivity index (χ1v) is 11.4. The van der Waals surface area contributed by atoms with E-state index in [-0.39, 0.29) is 5.70 Å². The molecule has 4 rings (SSSR count). The van der Waals surface area contributed by atoms with Gasteiger partial charge in [0.05, 0.1) is 24.3 Å². The summed E-state index contributed by atoms with van der Waals surface area (Å²) in [7, 11) is -4.88. The molecule has 1 saturated heterocycles. The number of carbonyl (C=O) groups excluding carboxylic acids is 2. The lowest BCUT2D eigenvalue weighted by Crippen LogP contribution is -2.37. The van der Waals surface area contributed by atoms with Crippen molar-refractivity contribution in [2.45, 2.75) is 6.04 Å². The third-order valence-corrected chi connectivity index (χ3v) is 5.74. The molecule has 1 aliphatic rings. The average molecular weight is 487 g/mol. The van der Waals surface area contributed by atoms with Crippen molar-refractivity contribution in [1.82, 2.24) is 15.2 Å². The molecular weight excluding hydrogens is 471 g/mol. The third kappa shape index (κ3) is 4.83. The lowest BCUT2D eigenvalue weighted by Gasteiger charge is -2.25. The zero-order valence-corrected chi connectivity index (χ0v) is 18.4. The standard InChI is InChI=1S/C21H16ClN4O6P/c22-15-5-6-16-14(10-24-17(16)8-15)7-18-20(27)26(21(28)25-18)19(11-32-33(29,30)31)13-3-1-12(9-23)2-4-13/h1-8,10,19,24H,11H2,(H,25,28)(H2,29,30,31)/b18-7-. The van der Waals surface area contributed by atoms with E-state index in [0.717, 1.165) is 15.8 Å². The minimum Gasteiger partial charge on any atom is -0.361 e. The van der Waals surface area contributed by atoms with E-state index < -0.39 is 32.4 Å². The second-order valence-electron chi connectivity index (χ2n) is 7.13. The zero-order valence-electron chi connectivity index (χ0n) is 16.7. The molecule has 4 N–H and O–H groups in total. The third-order valence-electron chi connectivity index (χ3n) is 5.02. The summed E-state index contributed by atoms with van der Waals surface area (Å²) >= 11 is 6.00. The fourth-order valence-corrected chi connectivity index (χ4v) is 4.00. The molecule has 1 unspecified atom stereocenters. The van der Waals surface area contributed by atoms with Crippen LogP contribution in [0, 0.1) is 11.3 Å². The van der Waals surface area contributed by atoms with Crippen LogP contribution in [0.3, 0.4) is 0 Å². The number of hydrogen-bond donors (Lipinski definition) is 4. The molecule has 2 aromatic carbocycles. The van der Waals surface area contributed by atoms with E-state index in [4.69, 9.17) is 26.6 Å². The highest BCUT2D eigenvalue weighted by molar-refractivity contribution is 7.46. The lowest BCUT2D eigenvalue weighted by atomic mass is 10.0. The Labute approximate surface area is 192 Å². The molecule has 1 atom stereocenters. The number of H-pyrrole nitrogens is 1. The fourth-order valence-electron chi connectivity index (χ4n) is 3.49. The number of nitrogens with one attached hydrogen (secondary N) is 2. The number of hydrogen-bond acceptors (Lipinski definition) is 5. The molecule has 1 fully saturated rings. The number of urea groups is 1. The molecule has 168 valence electrons. The number of halogens is 1. The summed E-state index contributed by atoms with van der Waals surface area (Å²) in [6.07, 6.45) is 3.15. The fraction of sp³-hybridized carbons (Fsp3) is 0.0952. The molecule has 3 aromatic rings. The molecule has 0 spiro atoms. The van der Waals surface area contributed by atoms with Crippen LogP contribution in [0.2, 0.25) is 5.02 Å². The van der Waals surface area contributed by atoms with Crippen LogP contribution in [0.25, 0.3) is 17.0 Å². The SMILES string of the molecule is N#Cc1ccc(C(COP(=O)(O)O)N2C(=O)N/C(=C\c3c[nH]c4cc(Cl)ccc34)C2=O)cc1. The van der Waals surface area contributed by atoms with Gasteiger partial charge in [-0.1, -0.05) is 29.8 Å². The number of aromatic amines is 1. The Balaban J connectivity index is 1.69. The van der Waals surface area contributed by atoms with Crippen molar-refractivity contribution in [3.8, 4) is 6.07 Å². The van der Waals surface area contributed by atoms with Gasteiger partial charge < -0.3 is 20.1 Å². The van der Waals surface area contributed by atoms with Crippen molar-refractivity contribution >= 4 is 48.3 Å².